The van der Waals surface area contributed by atoms with Crippen LogP contribution in [-0.4, -0.2) is 14.9 Å². The standard InChI is InChI=1S/C21H18N2O2/c1-2-18(24)19-12-13-20(25-19)21-16-10-6-7-11-17(16)23(22-21)14-15-8-4-3-5-9-15/h2-13,24H,14H2,1H3/b18-2-. The van der Waals surface area contributed by atoms with Gasteiger partial charge in [-0.05, 0) is 36.8 Å². The molecule has 1 N–H and O–H groups in total. The Labute approximate surface area is 145 Å². The van der Waals surface area contributed by atoms with Crippen LogP contribution >= 0.6 is 0 Å². The number of benzene rings is 2. The van der Waals surface area contributed by atoms with Gasteiger partial charge < -0.3 is 9.52 Å². The van der Waals surface area contributed by atoms with Gasteiger partial charge >= 0.3 is 0 Å². The number of hydrogen-bond acceptors (Lipinski definition) is 3. The summed E-state index contributed by atoms with van der Waals surface area (Å²) in [4.78, 5) is 0. The quantitative estimate of drug-likeness (QED) is 0.519. The molecular weight excluding hydrogens is 312 g/mol. The molecule has 2 aromatic carbocycles. The maximum atomic E-state index is 9.84. The lowest BCUT2D eigenvalue weighted by Gasteiger charge is -2.03. The minimum absolute atomic E-state index is 0.124. The first kappa shape index (κ1) is 15.3. The molecule has 0 aliphatic rings. The SMILES string of the molecule is C/C=C(\O)c1ccc(-c2nn(Cc3ccccc3)c3ccccc23)o1. The third-order valence-corrected chi connectivity index (χ3v) is 4.20. The van der Waals surface area contributed by atoms with E-state index in [4.69, 9.17) is 9.52 Å². The molecule has 0 saturated heterocycles. The van der Waals surface area contributed by atoms with Crippen LogP contribution in [0, 0.1) is 0 Å². The molecule has 2 aromatic heterocycles. The second-order valence-corrected chi connectivity index (χ2v) is 5.85. The third-order valence-electron chi connectivity index (χ3n) is 4.20. The summed E-state index contributed by atoms with van der Waals surface area (Å²) >= 11 is 0. The Hall–Kier alpha value is -3.27. The summed E-state index contributed by atoms with van der Waals surface area (Å²) in [5, 5.41) is 15.6. The van der Waals surface area contributed by atoms with Gasteiger partial charge in [0.1, 0.15) is 5.69 Å². The summed E-state index contributed by atoms with van der Waals surface area (Å²) < 4.78 is 7.78. The third kappa shape index (κ3) is 2.83. The Morgan fingerprint density at radius 2 is 1.80 bits per heavy atom. The van der Waals surface area contributed by atoms with Crippen LogP contribution in [0.1, 0.15) is 18.2 Å². The summed E-state index contributed by atoms with van der Waals surface area (Å²) in [5.74, 6) is 1.21. The van der Waals surface area contributed by atoms with E-state index in [2.05, 4.69) is 18.2 Å². The number of aromatic nitrogens is 2. The highest BCUT2D eigenvalue weighted by molar-refractivity contribution is 5.92. The topological polar surface area (TPSA) is 51.2 Å². The number of fused-ring (bicyclic) bond motifs is 1. The van der Waals surface area contributed by atoms with Gasteiger partial charge in [0.15, 0.2) is 17.3 Å². The summed E-state index contributed by atoms with van der Waals surface area (Å²) in [6, 6.07) is 21.9. The highest BCUT2D eigenvalue weighted by Gasteiger charge is 2.16. The van der Waals surface area contributed by atoms with Crippen LogP contribution in [0.2, 0.25) is 0 Å². The summed E-state index contributed by atoms with van der Waals surface area (Å²) in [6.45, 7) is 2.45. The predicted octanol–water partition coefficient (Wildman–Crippen LogP) is 5.26. The van der Waals surface area contributed by atoms with Crippen molar-refractivity contribution in [1.82, 2.24) is 9.78 Å². The van der Waals surface area contributed by atoms with E-state index >= 15 is 0 Å². The Morgan fingerprint density at radius 3 is 2.60 bits per heavy atom. The first-order valence-electron chi connectivity index (χ1n) is 8.21. The van der Waals surface area contributed by atoms with Crippen molar-refractivity contribution in [3.8, 4) is 11.5 Å². The molecule has 4 heteroatoms. The molecule has 25 heavy (non-hydrogen) atoms. The summed E-state index contributed by atoms with van der Waals surface area (Å²) in [6.07, 6.45) is 1.61. The number of para-hydroxylation sites is 1. The molecule has 0 fully saturated rings. The van der Waals surface area contributed by atoms with Crippen LogP contribution in [0.3, 0.4) is 0 Å². The normalized spacial score (nSPS) is 12.0. The van der Waals surface area contributed by atoms with E-state index in [0.717, 1.165) is 16.6 Å². The maximum Gasteiger partial charge on any atom is 0.168 e. The Kier molecular flexibility index (Phi) is 3.86. The zero-order valence-electron chi connectivity index (χ0n) is 13.9. The predicted molar refractivity (Wildman–Crippen MR) is 99.3 cm³/mol. The lowest BCUT2D eigenvalue weighted by atomic mass is 10.2. The molecule has 0 saturated carbocycles. The fourth-order valence-electron chi connectivity index (χ4n) is 2.93. The molecule has 124 valence electrons. The van der Waals surface area contributed by atoms with Crippen molar-refractivity contribution >= 4 is 16.7 Å². The molecule has 2 heterocycles. The van der Waals surface area contributed by atoms with Crippen molar-refractivity contribution in [3.63, 3.8) is 0 Å². The van der Waals surface area contributed by atoms with E-state index in [0.29, 0.717) is 18.1 Å². The number of rotatable bonds is 4. The minimum Gasteiger partial charge on any atom is -0.504 e. The highest BCUT2D eigenvalue weighted by atomic mass is 16.4. The summed E-state index contributed by atoms with van der Waals surface area (Å²) in [5.41, 5.74) is 3.02. The second kappa shape index (κ2) is 6.32. The van der Waals surface area contributed by atoms with Gasteiger partial charge in [-0.25, -0.2) is 0 Å². The van der Waals surface area contributed by atoms with E-state index in [-0.39, 0.29) is 5.76 Å². The van der Waals surface area contributed by atoms with Gasteiger partial charge in [-0.15, -0.1) is 0 Å². The minimum atomic E-state index is 0.124. The Bertz CT molecular complexity index is 1040. The van der Waals surface area contributed by atoms with Crippen LogP contribution < -0.4 is 0 Å². The van der Waals surface area contributed by atoms with Gasteiger partial charge in [-0.1, -0.05) is 48.5 Å². The number of hydrogen-bond donors (Lipinski definition) is 1. The summed E-state index contributed by atoms with van der Waals surface area (Å²) in [7, 11) is 0. The van der Waals surface area contributed by atoms with Crippen LogP contribution in [0.25, 0.3) is 28.1 Å². The molecule has 0 bridgehead atoms. The molecule has 0 radical (unpaired) electrons. The van der Waals surface area contributed by atoms with E-state index in [9.17, 15) is 5.11 Å². The largest absolute Gasteiger partial charge is 0.504 e. The molecule has 0 aliphatic heterocycles. The Morgan fingerprint density at radius 1 is 1.04 bits per heavy atom. The van der Waals surface area contributed by atoms with E-state index in [1.807, 2.05) is 47.1 Å². The number of aliphatic hydroxyl groups excluding tert-OH is 1. The average Bonchev–Trinajstić information content (AvgIpc) is 3.27. The van der Waals surface area contributed by atoms with E-state index in [1.165, 1.54) is 5.56 Å². The molecule has 0 unspecified atom stereocenters. The van der Waals surface area contributed by atoms with Crippen LogP contribution in [0.5, 0.6) is 0 Å². The lowest BCUT2D eigenvalue weighted by Crippen LogP contribution is -2.01. The molecule has 4 rings (SSSR count). The van der Waals surface area contributed by atoms with Crippen molar-refractivity contribution in [1.29, 1.82) is 0 Å². The van der Waals surface area contributed by atoms with Crippen molar-refractivity contribution < 1.29 is 9.52 Å². The number of allylic oxidation sites excluding steroid dienone is 1. The number of furan rings is 1. The van der Waals surface area contributed by atoms with Crippen LogP contribution in [0.4, 0.5) is 0 Å². The number of aliphatic hydroxyl groups is 1. The molecule has 0 atom stereocenters. The fraction of sp³-hybridized carbons (Fsp3) is 0.0952. The van der Waals surface area contributed by atoms with Gasteiger partial charge in [-0.3, -0.25) is 4.68 Å². The van der Waals surface area contributed by atoms with Gasteiger partial charge in [0.05, 0.1) is 12.1 Å². The van der Waals surface area contributed by atoms with Crippen molar-refractivity contribution in [2.75, 3.05) is 0 Å². The van der Waals surface area contributed by atoms with Crippen molar-refractivity contribution in [2.45, 2.75) is 13.5 Å². The zero-order valence-corrected chi connectivity index (χ0v) is 13.9. The van der Waals surface area contributed by atoms with E-state index in [1.54, 1.807) is 19.1 Å². The first-order chi connectivity index (χ1) is 12.3. The van der Waals surface area contributed by atoms with Gasteiger partial charge in [0, 0.05) is 5.39 Å². The monoisotopic (exact) mass is 330 g/mol. The highest BCUT2D eigenvalue weighted by Crippen LogP contribution is 2.31. The van der Waals surface area contributed by atoms with Gasteiger partial charge in [-0.2, -0.15) is 5.10 Å². The van der Waals surface area contributed by atoms with Crippen molar-refractivity contribution in [2.24, 2.45) is 0 Å². The zero-order chi connectivity index (χ0) is 17.2. The van der Waals surface area contributed by atoms with Gasteiger partial charge in [0.2, 0.25) is 0 Å². The first-order valence-corrected chi connectivity index (χ1v) is 8.21. The molecule has 4 aromatic rings. The average molecular weight is 330 g/mol. The number of nitrogens with zero attached hydrogens (tertiary/aromatic N) is 2. The fourth-order valence-corrected chi connectivity index (χ4v) is 2.93. The van der Waals surface area contributed by atoms with Crippen LogP contribution in [-0.2, 0) is 6.54 Å². The molecular formula is C21H18N2O2. The van der Waals surface area contributed by atoms with Crippen LogP contribution in [0.15, 0.2) is 77.2 Å². The lowest BCUT2D eigenvalue weighted by molar-refractivity contribution is 0.462. The Balaban J connectivity index is 1.81. The smallest absolute Gasteiger partial charge is 0.168 e. The molecule has 0 spiro atoms. The second-order valence-electron chi connectivity index (χ2n) is 5.85. The maximum absolute atomic E-state index is 9.84. The van der Waals surface area contributed by atoms with E-state index < -0.39 is 0 Å². The van der Waals surface area contributed by atoms with Gasteiger partial charge in [0.25, 0.3) is 0 Å². The van der Waals surface area contributed by atoms with Crippen molar-refractivity contribution in [3.05, 3.63) is 84.1 Å². The molecule has 4 nitrogen and oxygen atoms in total. The molecule has 0 amide bonds. The molecule has 0 aliphatic carbocycles.